The molecule has 2 aromatic rings. The molecule has 0 spiro atoms. The van der Waals surface area contributed by atoms with E-state index >= 15 is 0 Å². The van der Waals surface area contributed by atoms with E-state index in [-0.39, 0.29) is 18.2 Å². The van der Waals surface area contributed by atoms with E-state index in [1.165, 1.54) is 27.6 Å². The molecule has 2 atom stereocenters. The summed E-state index contributed by atoms with van der Waals surface area (Å²) >= 11 is 0. The summed E-state index contributed by atoms with van der Waals surface area (Å²) in [6.45, 7) is 8.61. The molecule has 1 amide bonds. The molecule has 248 valence electrons. The molecule has 4 rings (SSSR count). The van der Waals surface area contributed by atoms with Crippen molar-refractivity contribution in [2.45, 2.75) is 84.6 Å². The van der Waals surface area contributed by atoms with Gasteiger partial charge in [0, 0.05) is 49.2 Å². The van der Waals surface area contributed by atoms with E-state index in [9.17, 15) is 9.59 Å². The second-order valence-electron chi connectivity index (χ2n) is 11.9. The van der Waals surface area contributed by atoms with Crippen LogP contribution in [0, 0.1) is 5.92 Å². The normalized spacial score (nSPS) is 18.1. The number of aromatic nitrogens is 1. The third kappa shape index (κ3) is 11.2. The Hall–Kier alpha value is -3.90. The minimum absolute atomic E-state index is 0.0445. The van der Waals surface area contributed by atoms with E-state index in [2.05, 4.69) is 129 Å². The lowest BCUT2D eigenvalue weighted by Crippen LogP contribution is -2.47. The highest BCUT2D eigenvalue weighted by atomic mass is 16.4. The number of likely N-dealkylation sites (N-methyl/N-ethyl adjacent to an activating group) is 1. The number of H-pyrrole nitrogens is 1. The van der Waals surface area contributed by atoms with E-state index in [0.29, 0.717) is 6.04 Å². The number of benzene rings is 1. The molecule has 1 aromatic heterocycles. The highest BCUT2D eigenvalue weighted by Crippen LogP contribution is 2.40. The molecular weight excluding hydrogens is 570 g/mol. The van der Waals surface area contributed by atoms with Crippen LogP contribution in [0.25, 0.3) is 16.5 Å². The summed E-state index contributed by atoms with van der Waals surface area (Å²) in [5, 5.41) is 9.83. The predicted molar refractivity (Wildman–Crippen MR) is 194 cm³/mol. The van der Waals surface area contributed by atoms with Crippen LogP contribution in [-0.2, 0) is 16.0 Å². The zero-order valence-corrected chi connectivity index (χ0v) is 28.5. The molecule has 0 radical (unpaired) electrons. The van der Waals surface area contributed by atoms with Crippen molar-refractivity contribution in [3.8, 4) is 0 Å². The minimum atomic E-state index is -0.715. The number of carboxylic acid groups (broad SMARTS) is 1. The van der Waals surface area contributed by atoms with E-state index in [1.807, 2.05) is 4.90 Å². The van der Waals surface area contributed by atoms with Crippen molar-refractivity contribution in [3.05, 3.63) is 102 Å². The number of nitrogens with one attached hydrogen (secondary N) is 1. The summed E-state index contributed by atoms with van der Waals surface area (Å²) in [5.41, 5.74) is 5.21. The molecule has 6 heteroatoms. The number of carbonyl (C=O) groups is 2. The average molecular weight is 626 g/mol. The smallest absolute Gasteiger partial charge is 0.303 e. The number of carboxylic acids is 1. The second kappa shape index (κ2) is 20.3. The lowest BCUT2D eigenvalue weighted by molar-refractivity contribution is -0.137. The quantitative estimate of drug-likeness (QED) is 0.144. The Morgan fingerprint density at radius 2 is 1.52 bits per heavy atom. The fourth-order valence-corrected chi connectivity index (χ4v) is 6.11. The standard InChI is InChI=1S/C20H25N3O.C20H30O2/c1-4-23(5-2)20(24)14-9-16-15-7-6-8-17-19(15)13(11-21-17)10-18(16)22(3)12-14;1-2-3-4-5-6-7-8-9-10-11-12-13-14-15-16-17-18-19-20(21)22/h6-9,11,14,18,21H,4-5,10,12H2,1-3H3;3-4,6-7,9-10,12-13,15-16H,2,5,8,11,14,17-19H2,1H3,(H,21,22)/b;4-3-,7-6-,10-9-,13-12-,16-15-/t14-,18-;/m1./s1. The Bertz CT molecular complexity index is 1420. The van der Waals surface area contributed by atoms with Crippen LogP contribution in [0.5, 0.6) is 0 Å². The van der Waals surface area contributed by atoms with Crippen molar-refractivity contribution >= 4 is 28.4 Å². The Labute approximate surface area is 276 Å². The molecule has 0 saturated heterocycles. The maximum Gasteiger partial charge on any atom is 0.303 e. The molecule has 1 aliphatic carbocycles. The summed E-state index contributed by atoms with van der Waals surface area (Å²) < 4.78 is 0. The third-order valence-corrected chi connectivity index (χ3v) is 8.58. The zero-order valence-electron chi connectivity index (χ0n) is 28.5. The topological polar surface area (TPSA) is 76.6 Å². The van der Waals surface area contributed by atoms with E-state index in [0.717, 1.165) is 71.0 Å². The molecule has 46 heavy (non-hydrogen) atoms. The number of fused-ring (bicyclic) bond motifs is 2. The van der Waals surface area contributed by atoms with Gasteiger partial charge >= 0.3 is 5.97 Å². The number of hydrogen-bond acceptors (Lipinski definition) is 3. The fraction of sp³-hybridized carbons (Fsp3) is 0.450. The predicted octanol–water partition coefficient (Wildman–Crippen LogP) is 8.90. The number of amides is 1. The second-order valence-corrected chi connectivity index (χ2v) is 11.9. The first-order chi connectivity index (χ1) is 22.4. The number of aromatic amines is 1. The van der Waals surface area contributed by atoms with E-state index in [1.54, 1.807) is 0 Å². The molecule has 0 bridgehead atoms. The lowest BCUT2D eigenvalue weighted by Gasteiger charge is -2.40. The minimum Gasteiger partial charge on any atom is -0.481 e. The van der Waals surface area contributed by atoms with Crippen molar-refractivity contribution < 1.29 is 14.7 Å². The van der Waals surface area contributed by atoms with Gasteiger partial charge in [0.15, 0.2) is 0 Å². The van der Waals surface area contributed by atoms with Crippen LogP contribution in [0.3, 0.4) is 0 Å². The monoisotopic (exact) mass is 625 g/mol. The van der Waals surface area contributed by atoms with Gasteiger partial charge < -0.3 is 15.0 Å². The Morgan fingerprint density at radius 3 is 2.11 bits per heavy atom. The zero-order chi connectivity index (χ0) is 33.1. The third-order valence-electron chi connectivity index (χ3n) is 8.58. The van der Waals surface area contributed by atoms with E-state index < -0.39 is 5.97 Å². The summed E-state index contributed by atoms with van der Waals surface area (Å²) in [7, 11) is 2.15. The van der Waals surface area contributed by atoms with Crippen LogP contribution in [0.1, 0.15) is 83.3 Å². The van der Waals surface area contributed by atoms with Crippen molar-refractivity contribution in [2.24, 2.45) is 5.92 Å². The van der Waals surface area contributed by atoms with Crippen LogP contribution >= 0.6 is 0 Å². The summed E-state index contributed by atoms with van der Waals surface area (Å²) in [6.07, 6.45) is 33.8. The Morgan fingerprint density at radius 1 is 0.913 bits per heavy atom. The maximum atomic E-state index is 12.9. The van der Waals surface area contributed by atoms with Gasteiger partial charge in [-0.3, -0.25) is 14.5 Å². The molecule has 2 aliphatic rings. The number of carbonyl (C=O) groups excluding carboxylic acids is 1. The lowest BCUT2D eigenvalue weighted by atomic mass is 9.79. The number of hydrogen-bond donors (Lipinski definition) is 2. The highest BCUT2D eigenvalue weighted by molar-refractivity contribution is 5.99. The summed E-state index contributed by atoms with van der Waals surface area (Å²) in [5.74, 6) is -0.505. The van der Waals surface area contributed by atoms with Gasteiger partial charge in [-0.25, -0.2) is 0 Å². The Balaban J connectivity index is 0.000000252. The van der Waals surface area contributed by atoms with E-state index in [4.69, 9.17) is 5.11 Å². The number of aliphatic carboxylic acids is 1. The van der Waals surface area contributed by atoms with Crippen LogP contribution in [0.2, 0.25) is 0 Å². The summed E-state index contributed by atoms with van der Waals surface area (Å²) in [4.78, 5) is 30.9. The molecule has 0 unspecified atom stereocenters. The largest absolute Gasteiger partial charge is 0.481 e. The number of unbranched alkanes of at least 4 members (excludes halogenated alkanes) is 1. The van der Waals surface area contributed by atoms with Crippen molar-refractivity contribution in [1.82, 2.24) is 14.8 Å². The highest BCUT2D eigenvalue weighted by Gasteiger charge is 2.36. The number of rotatable bonds is 16. The molecule has 0 saturated carbocycles. The first-order valence-corrected chi connectivity index (χ1v) is 17.2. The van der Waals surface area contributed by atoms with Crippen molar-refractivity contribution in [2.75, 3.05) is 26.7 Å². The first kappa shape index (κ1) is 36.6. The van der Waals surface area contributed by atoms with Crippen LogP contribution < -0.4 is 0 Å². The van der Waals surface area contributed by atoms with Crippen LogP contribution in [-0.4, -0.2) is 64.5 Å². The van der Waals surface area contributed by atoms with Crippen LogP contribution in [0.4, 0.5) is 0 Å². The van der Waals surface area contributed by atoms with Gasteiger partial charge in [-0.2, -0.15) is 0 Å². The molecular formula is C40H55N3O3. The molecule has 2 N–H and O–H groups in total. The number of nitrogens with zero attached hydrogens (tertiary/aromatic N) is 2. The first-order valence-electron chi connectivity index (χ1n) is 17.2. The van der Waals surface area contributed by atoms with Crippen molar-refractivity contribution in [1.29, 1.82) is 0 Å². The van der Waals surface area contributed by atoms with Crippen LogP contribution in [0.15, 0.2) is 91.2 Å². The van der Waals surface area contributed by atoms with Gasteiger partial charge in [-0.05, 0) is 95.0 Å². The molecule has 0 fully saturated rings. The van der Waals surface area contributed by atoms with Gasteiger partial charge in [-0.15, -0.1) is 0 Å². The molecule has 1 aliphatic heterocycles. The van der Waals surface area contributed by atoms with Gasteiger partial charge in [-0.1, -0.05) is 85.9 Å². The molecule has 2 heterocycles. The molecule has 6 nitrogen and oxygen atoms in total. The molecule has 1 aromatic carbocycles. The SMILES string of the molecule is CC/C=C\C/C=C\C/C=C\C/C=C\C/C=C\CCCC(=O)O.CCN(CC)C(=O)[C@@H]1C=C2c3cccc4[nH]cc(c34)C[C@H]2N(C)C1. The Kier molecular flexibility index (Phi) is 16.1. The van der Waals surface area contributed by atoms with Gasteiger partial charge in [0.2, 0.25) is 5.91 Å². The van der Waals surface area contributed by atoms with Crippen molar-refractivity contribution in [3.63, 3.8) is 0 Å². The summed E-state index contributed by atoms with van der Waals surface area (Å²) in [6, 6.07) is 6.82. The number of allylic oxidation sites excluding steroid dienone is 10. The fourth-order valence-electron chi connectivity index (χ4n) is 6.11. The maximum absolute atomic E-state index is 12.9. The van der Waals surface area contributed by atoms with Gasteiger partial charge in [0.1, 0.15) is 0 Å². The van der Waals surface area contributed by atoms with Gasteiger partial charge in [0.05, 0.1) is 5.92 Å². The van der Waals surface area contributed by atoms with Gasteiger partial charge in [0.25, 0.3) is 0 Å². The average Bonchev–Trinajstić information content (AvgIpc) is 3.47.